The van der Waals surface area contributed by atoms with Crippen LogP contribution in [-0.2, 0) is 24.0 Å². The lowest BCUT2D eigenvalue weighted by atomic mass is 9.89. The summed E-state index contributed by atoms with van der Waals surface area (Å²) in [6.07, 6.45) is 4.49. The number of nitrogens with zero attached hydrogens (tertiary/aromatic N) is 1. The second-order valence-electron chi connectivity index (χ2n) is 8.02. The second kappa shape index (κ2) is 16.6. The van der Waals surface area contributed by atoms with Crippen molar-refractivity contribution in [2.45, 2.75) is 78.7 Å². The Morgan fingerprint density at radius 2 is 1.68 bits per heavy atom. The zero-order valence-corrected chi connectivity index (χ0v) is 19.4. The minimum Gasteiger partial charge on any atom is -0.370 e. The first-order chi connectivity index (χ1) is 14.6. The molecule has 6 N–H and O–H groups in total. The Morgan fingerprint density at radius 1 is 1.00 bits per heavy atom. The minimum absolute atomic E-state index is 0.246. The molecule has 0 aromatic rings. The van der Waals surface area contributed by atoms with Gasteiger partial charge in [-0.2, -0.15) is 0 Å². The smallest absolute Gasteiger partial charge is 0.236 e. The fourth-order valence-electron chi connectivity index (χ4n) is 3.17. The first-order valence-electron chi connectivity index (χ1n) is 11.1. The highest BCUT2D eigenvalue weighted by molar-refractivity contribution is 5.93. The summed E-state index contributed by atoms with van der Waals surface area (Å²) < 4.78 is 0. The molecule has 10 nitrogen and oxygen atoms in total. The molecule has 0 aromatic heterocycles. The summed E-state index contributed by atoms with van der Waals surface area (Å²) in [5.41, 5.74) is 13.1. The number of hydrazine groups is 1. The van der Waals surface area contributed by atoms with E-state index >= 15 is 0 Å². The van der Waals surface area contributed by atoms with Crippen molar-refractivity contribution in [1.82, 2.24) is 15.9 Å². The average Bonchev–Trinajstić information content (AvgIpc) is 2.69. The van der Waals surface area contributed by atoms with Crippen LogP contribution >= 0.6 is 0 Å². The van der Waals surface area contributed by atoms with Crippen molar-refractivity contribution in [3.05, 3.63) is 0 Å². The average molecular weight is 444 g/mol. The Labute approximate surface area is 185 Å². The molecule has 0 bridgehead atoms. The fraction of sp³-hybridized carbons (Fsp3) is 0.810. The summed E-state index contributed by atoms with van der Waals surface area (Å²) in [6.45, 7) is 8.19. The number of nitrogens with one attached hydrogen (secondary N) is 2. The number of ketones is 1. The van der Waals surface area contributed by atoms with E-state index in [-0.39, 0.29) is 31.7 Å². The lowest BCUT2D eigenvalue weighted by Crippen LogP contribution is -2.52. The summed E-state index contributed by atoms with van der Waals surface area (Å²) in [7, 11) is 0. The predicted octanol–water partition coefficient (Wildman–Crippen LogP) is 0.792. The monoisotopic (exact) mass is 443 g/mol. The van der Waals surface area contributed by atoms with Crippen molar-refractivity contribution in [3.63, 3.8) is 0 Å². The van der Waals surface area contributed by atoms with Gasteiger partial charge in [0, 0.05) is 6.42 Å². The number of amides is 3. The third kappa shape index (κ3) is 13.8. The first-order valence-corrected chi connectivity index (χ1v) is 11.1. The van der Waals surface area contributed by atoms with Crippen molar-refractivity contribution in [3.8, 4) is 0 Å². The third-order valence-electron chi connectivity index (χ3n) is 5.19. The van der Waals surface area contributed by atoms with Crippen LogP contribution in [0.25, 0.3) is 0 Å². The number of nitrogens with two attached hydrogens (primary N) is 2. The molecule has 180 valence electrons. The summed E-state index contributed by atoms with van der Waals surface area (Å²) in [5, 5.41) is 3.76. The van der Waals surface area contributed by atoms with Gasteiger partial charge in [-0.05, 0) is 24.7 Å². The van der Waals surface area contributed by atoms with Crippen LogP contribution in [0.3, 0.4) is 0 Å². The highest BCUT2D eigenvalue weighted by atomic mass is 16.7. The second-order valence-corrected chi connectivity index (χ2v) is 8.02. The number of unbranched alkanes of at least 4 members (excludes halogenated alkanes) is 1. The van der Waals surface area contributed by atoms with Gasteiger partial charge in [0.2, 0.25) is 17.7 Å². The molecule has 3 amide bonds. The highest BCUT2D eigenvalue weighted by Crippen LogP contribution is 2.20. The van der Waals surface area contributed by atoms with Gasteiger partial charge in [0.15, 0.2) is 5.78 Å². The Morgan fingerprint density at radius 3 is 2.19 bits per heavy atom. The molecule has 3 unspecified atom stereocenters. The third-order valence-corrected chi connectivity index (χ3v) is 5.19. The molecular weight excluding hydrogens is 402 g/mol. The largest absolute Gasteiger partial charge is 0.370 e. The van der Waals surface area contributed by atoms with Crippen LogP contribution in [0.2, 0.25) is 0 Å². The van der Waals surface area contributed by atoms with Gasteiger partial charge in [-0.25, -0.2) is 5.01 Å². The summed E-state index contributed by atoms with van der Waals surface area (Å²) >= 11 is 0. The lowest BCUT2D eigenvalue weighted by molar-refractivity contribution is -0.141. The van der Waals surface area contributed by atoms with E-state index in [4.69, 9.17) is 16.3 Å². The van der Waals surface area contributed by atoms with E-state index in [1.165, 1.54) is 5.01 Å². The maximum atomic E-state index is 12.5. The van der Waals surface area contributed by atoms with Crippen molar-refractivity contribution in [2.24, 2.45) is 23.3 Å². The number of hydrogen-bond acceptors (Lipinski definition) is 7. The quantitative estimate of drug-likeness (QED) is 0.215. The Balaban J connectivity index is 4.91. The molecule has 0 aliphatic heterocycles. The molecule has 0 radical (unpaired) electrons. The van der Waals surface area contributed by atoms with Crippen LogP contribution in [0.15, 0.2) is 0 Å². The molecule has 0 aliphatic rings. The van der Waals surface area contributed by atoms with Gasteiger partial charge >= 0.3 is 0 Å². The van der Waals surface area contributed by atoms with Gasteiger partial charge in [0.1, 0.15) is 0 Å². The molecule has 0 saturated carbocycles. The molecule has 0 saturated heterocycles. The number of carbonyl (C=O) groups excluding carboxylic acids is 4. The van der Waals surface area contributed by atoms with E-state index in [0.717, 1.165) is 25.7 Å². The molecule has 0 heterocycles. The van der Waals surface area contributed by atoms with Crippen LogP contribution in [-0.4, -0.2) is 54.3 Å². The zero-order chi connectivity index (χ0) is 23.8. The molecular formula is C21H41N5O5. The molecule has 0 spiro atoms. The van der Waals surface area contributed by atoms with Gasteiger partial charge in [0.05, 0.1) is 32.2 Å². The normalized spacial score (nSPS) is 14.1. The van der Waals surface area contributed by atoms with Crippen LogP contribution in [0, 0.1) is 11.8 Å². The predicted molar refractivity (Wildman–Crippen MR) is 118 cm³/mol. The molecule has 0 fully saturated rings. The van der Waals surface area contributed by atoms with E-state index < -0.39 is 23.8 Å². The van der Waals surface area contributed by atoms with Gasteiger partial charge in [-0.1, -0.05) is 47.0 Å². The number of Topliss-reactive ketones (excluding diaryl/α,β-unsaturated/α-hetero) is 1. The maximum Gasteiger partial charge on any atom is 0.236 e. The molecule has 0 aliphatic carbocycles. The number of primary amides is 2. The van der Waals surface area contributed by atoms with E-state index in [0.29, 0.717) is 24.9 Å². The highest BCUT2D eigenvalue weighted by Gasteiger charge is 2.24. The van der Waals surface area contributed by atoms with Crippen molar-refractivity contribution in [1.29, 1.82) is 0 Å². The van der Waals surface area contributed by atoms with Gasteiger partial charge in [0.25, 0.3) is 0 Å². The number of rotatable bonds is 19. The van der Waals surface area contributed by atoms with E-state index in [2.05, 4.69) is 31.7 Å². The van der Waals surface area contributed by atoms with E-state index in [9.17, 15) is 19.2 Å². The molecule has 10 heteroatoms. The zero-order valence-electron chi connectivity index (χ0n) is 19.4. The Kier molecular flexibility index (Phi) is 15.5. The fourth-order valence-corrected chi connectivity index (χ4v) is 3.17. The van der Waals surface area contributed by atoms with E-state index in [1.807, 2.05) is 6.92 Å². The molecule has 3 atom stereocenters. The van der Waals surface area contributed by atoms with Gasteiger partial charge in [-0.15, -0.1) is 5.59 Å². The first kappa shape index (κ1) is 29.0. The Bertz CT molecular complexity index is 572. The standard InChI is InChI=1S/C21H41N5O5/c1-5-8-10-18(27)17(11-19(22)28)24-21(30)13-26(12-20(23)29)25-31-14-16(9-6-2)15(4)7-3/h15-17,25H,5-14H2,1-4H3,(H2,22,28)(H2,23,29)(H,24,30). The van der Waals surface area contributed by atoms with Crippen molar-refractivity contribution in [2.75, 3.05) is 19.7 Å². The van der Waals surface area contributed by atoms with Crippen molar-refractivity contribution < 1.29 is 24.0 Å². The van der Waals surface area contributed by atoms with Crippen molar-refractivity contribution >= 4 is 23.5 Å². The minimum atomic E-state index is -0.993. The van der Waals surface area contributed by atoms with Gasteiger partial charge in [-0.3, -0.25) is 24.0 Å². The lowest BCUT2D eigenvalue weighted by Gasteiger charge is -2.26. The van der Waals surface area contributed by atoms with E-state index in [1.54, 1.807) is 0 Å². The SMILES string of the molecule is CCCCC(=O)C(CC(N)=O)NC(=O)CN(CC(N)=O)NOCC(CCC)C(C)CC. The summed E-state index contributed by atoms with van der Waals surface area (Å²) in [4.78, 5) is 53.0. The number of hydrogen-bond donors (Lipinski definition) is 4. The molecule has 0 rings (SSSR count). The van der Waals surface area contributed by atoms with Crippen LogP contribution in [0.4, 0.5) is 0 Å². The topological polar surface area (TPSA) is 157 Å². The maximum absolute atomic E-state index is 12.5. The van der Waals surface area contributed by atoms with Crippen LogP contribution < -0.4 is 22.4 Å². The summed E-state index contributed by atoms with van der Waals surface area (Å²) in [5.74, 6) is -1.33. The summed E-state index contributed by atoms with van der Waals surface area (Å²) in [6, 6.07) is -0.993. The van der Waals surface area contributed by atoms with Crippen LogP contribution in [0.5, 0.6) is 0 Å². The van der Waals surface area contributed by atoms with Crippen LogP contribution in [0.1, 0.15) is 72.6 Å². The number of carbonyl (C=O) groups is 4. The molecule has 31 heavy (non-hydrogen) atoms. The van der Waals surface area contributed by atoms with Gasteiger partial charge < -0.3 is 16.8 Å². The Hall–Kier alpha value is -2.04. The molecule has 0 aromatic carbocycles.